The highest BCUT2D eigenvalue weighted by atomic mass is 16.5. The number of carbonyl (C=O) groups excluding carboxylic acids is 3. The van der Waals surface area contributed by atoms with Crippen molar-refractivity contribution in [2.24, 2.45) is 11.7 Å². The van der Waals surface area contributed by atoms with Gasteiger partial charge in [0.25, 0.3) is 0 Å². The number of benzene rings is 4. The first-order valence-electron chi connectivity index (χ1n) is 21.2. The van der Waals surface area contributed by atoms with E-state index < -0.39 is 7.05 Å². The molecule has 0 radical (unpaired) electrons. The fraction of sp³-hybridized carbons (Fsp3) is 0.367. The van der Waals surface area contributed by atoms with Crippen molar-refractivity contribution >= 4 is 42.3 Å². The molecule has 1 atom stereocenters. The molecule has 9 heteroatoms. The molecule has 298 valence electrons. The van der Waals surface area contributed by atoms with Gasteiger partial charge in [-0.2, -0.15) is 0 Å². The Labute approximate surface area is 343 Å². The van der Waals surface area contributed by atoms with Gasteiger partial charge < -0.3 is 25.4 Å². The lowest BCUT2D eigenvalue weighted by Gasteiger charge is -2.33. The van der Waals surface area contributed by atoms with Crippen molar-refractivity contribution in [3.05, 3.63) is 141 Å². The summed E-state index contributed by atoms with van der Waals surface area (Å²) in [6.45, 7) is 4.98. The first-order valence-corrected chi connectivity index (χ1v) is 21.2. The molecular weight excluding hydrogens is 719 g/mol. The number of nitrogens with one attached hydrogen (secondary N) is 1. The Hall–Kier alpha value is -5.25. The Bertz CT molecular complexity index is 2250. The van der Waals surface area contributed by atoms with Crippen LogP contribution in [0.1, 0.15) is 119 Å². The summed E-state index contributed by atoms with van der Waals surface area (Å²) in [6, 6.07) is 29.1. The van der Waals surface area contributed by atoms with Gasteiger partial charge in [0.2, 0.25) is 11.8 Å². The zero-order valence-electron chi connectivity index (χ0n) is 34.1. The molecule has 1 saturated carbocycles. The third kappa shape index (κ3) is 8.20. The highest BCUT2D eigenvalue weighted by Crippen LogP contribution is 2.40. The number of ketones is 1. The van der Waals surface area contributed by atoms with Gasteiger partial charge >= 0.3 is 7.05 Å². The Morgan fingerprint density at radius 1 is 0.879 bits per heavy atom. The van der Waals surface area contributed by atoms with Crippen LogP contribution in [0.5, 0.6) is 5.75 Å². The van der Waals surface area contributed by atoms with E-state index in [1.807, 2.05) is 48.4 Å². The number of hydrogen-bond acceptors (Lipinski definition) is 6. The van der Waals surface area contributed by atoms with Crippen LogP contribution in [0.3, 0.4) is 0 Å². The van der Waals surface area contributed by atoms with E-state index in [1.165, 1.54) is 16.7 Å². The van der Waals surface area contributed by atoms with Crippen molar-refractivity contribution in [3.63, 3.8) is 0 Å². The maximum Gasteiger partial charge on any atom is 0.521 e. The fourth-order valence-electron chi connectivity index (χ4n) is 9.72. The molecular formula is C49H55BN4O4. The molecule has 58 heavy (non-hydrogen) atoms. The number of amides is 2. The average Bonchev–Trinajstić information content (AvgIpc) is 3.59. The van der Waals surface area contributed by atoms with Crippen LogP contribution in [-0.2, 0) is 22.7 Å². The van der Waals surface area contributed by atoms with E-state index in [0.29, 0.717) is 47.6 Å². The summed E-state index contributed by atoms with van der Waals surface area (Å²) in [5.41, 5.74) is 15.9. The molecule has 4 aliphatic rings. The topological polar surface area (TPSA) is 105 Å². The third-order valence-corrected chi connectivity index (χ3v) is 13.1. The number of hydrogen-bond donors (Lipinski definition) is 2. The largest absolute Gasteiger partial charge is 0.537 e. The van der Waals surface area contributed by atoms with Crippen LogP contribution in [0.2, 0.25) is 0 Å². The molecule has 4 aromatic rings. The van der Waals surface area contributed by atoms with Gasteiger partial charge in [-0.15, -0.1) is 0 Å². The van der Waals surface area contributed by atoms with E-state index in [9.17, 15) is 14.4 Å². The summed E-state index contributed by atoms with van der Waals surface area (Å²) >= 11 is 0. The molecule has 4 aromatic carbocycles. The average molecular weight is 775 g/mol. The molecule has 2 aliphatic heterocycles. The van der Waals surface area contributed by atoms with Gasteiger partial charge in [0, 0.05) is 51.1 Å². The normalized spacial score (nSPS) is 20.8. The zero-order valence-corrected chi connectivity index (χ0v) is 34.1. The van der Waals surface area contributed by atoms with Gasteiger partial charge in [0.15, 0.2) is 5.78 Å². The second-order valence-corrected chi connectivity index (χ2v) is 16.8. The van der Waals surface area contributed by atoms with E-state index >= 15 is 0 Å². The fourth-order valence-corrected chi connectivity index (χ4v) is 9.72. The number of nitrogens with two attached hydrogens (primary N) is 1. The van der Waals surface area contributed by atoms with Crippen LogP contribution in [0.4, 0.5) is 0 Å². The molecule has 8 rings (SSSR count). The molecule has 0 spiro atoms. The van der Waals surface area contributed by atoms with Gasteiger partial charge in [-0.3, -0.25) is 14.4 Å². The van der Waals surface area contributed by atoms with Crippen molar-refractivity contribution in [2.75, 3.05) is 27.2 Å². The van der Waals surface area contributed by atoms with Crippen molar-refractivity contribution in [1.82, 2.24) is 15.0 Å². The van der Waals surface area contributed by atoms with Crippen molar-refractivity contribution in [1.29, 1.82) is 0 Å². The lowest BCUT2D eigenvalue weighted by Crippen LogP contribution is -2.56. The molecule has 1 unspecified atom stereocenters. The first-order chi connectivity index (χ1) is 28.2. The molecule has 3 N–H and O–H groups in total. The van der Waals surface area contributed by atoms with Crippen molar-refractivity contribution in [3.8, 4) is 5.75 Å². The Morgan fingerprint density at radius 2 is 1.57 bits per heavy atom. The zero-order chi connectivity index (χ0) is 40.3. The monoisotopic (exact) mass is 774 g/mol. The van der Waals surface area contributed by atoms with E-state index in [2.05, 4.69) is 66.8 Å². The van der Waals surface area contributed by atoms with Crippen LogP contribution < -0.4 is 21.2 Å². The molecule has 0 aromatic heterocycles. The van der Waals surface area contributed by atoms with Crippen LogP contribution in [0, 0.1) is 5.92 Å². The van der Waals surface area contributed by atoms with E-state index in [1.54, 1.807) is 24.0 Å². The summed E-state index contributed by atoms with van der Waals surface area (Å²) in [5, 5.41) is 3.24. The van der Waals surface area contributed by atoms with Gasteiger partial charge in [0.1, 0.15) is 5.75 Å². The minimum Gasteiger partial charge on any atom is -0.537 e. The summed E-state index contributed by atoms with van der Waals surface area (Å²) in [4.78, 5) is 44.8. The van der Waals surface area contributed by atoms with Gasteiger partial charge in [-0.25, -0.2) is 0 Å². The number of nitrogens with zero attached hydrogens (tertiary/aromatic N) is 2. The standard InChI is InChI=1S/C49H55BN4O4/c1-32-44-29-42(19-17-41(44)28-45(32)48(56)54-23-21-37(22-24-54)40-11-5-8-35(26-40)31-52-2)50-53(3)49(57)47-38(9-6-12-46(47)58-50)18-20-43(55)27-33-13-15-36(16-14-33)39-10-4-7-34(25-39)30-51/h4-12,17-20,25-26,28-29,32-33,36-37,52H,13-16,21-24,27,30-31,51H2,1-3H3. The quantitative estimate of drug-likeness (QED) is 0.120. The van der Waals surface area contributed by atoms with Crippen molar-refractivity contribution in [2.45, 2.75) is 82.7 Å². The predicted molar refractivity (Wildman–Crippen MR) is 233 cm³/mol. The van der Waals surface area contributed by atoms with Crippen molar-refractivity contribution < 1.29 is 19.0 Å². The van der Waals surface area contributed by atoms with Crippen LogP contribution in [-0.4, -0.2) is 61.5 Å². The SMILES string of the molecule is CNCc1cccc(C2CCN(C(=O)C3=Cc4ccc(B5Oc6cccc(C=CC(=O)CC7CCC(c8cccc(CN)c8)CC7)c6C(=O)N5C)cc4C3C)CC2)c1. The highest BCUT2D eigenvalue weighted by Gasteiger charge is 2.40. The molecule has 2 fully saturated rings. The Morgan fingerprint density at radius 3 is 2.29 bits per heavy atom. The third-order valence-electron chi connectivity index (χ3n) is 13.1. The maximum absolute atomic E-state index is 14.0. The van der Waals surface area contributed by atoms with Crippen LogP contribution in [0.15, 0.2) is 96.6 Å². The number of fused-ring (bicyclic) bond motifs is 2. The smallest absolute Gasteiger partial charge is 0.521 e. The van der Waals surface area contributed by atoms with Crippen LogP contribution in [0.25, 0.3) is 12.2 Å². The second-order valence-electron chi connectivity index (χ2n) is 16.8. The van der Waals surface area contributed by atoms with E-state index in [0.717, 1.165) is 85.9 Å². The number of piperidine rings is 1. The molecule has 2 amide bonds. The number of likely N-dealkylation sites (tertiary alicyclic amines) is 1. The minimum atomic E-state index is -0.628. The lowest BCUT2D eigenvalue weighted by atomic mass is 9.68. The highest BCUT2D eigenvalue weighted by molar-refractivity contribution is 6.68. The predicted octanol–water partition coefficient (Wildman–Crippen LogP) is 7.58. The Balaban J connectivity index is 0.883. The molecule has 2 heterocycles. The van der Waals surface area contributed by atoms with E-state index in [4.69, 9.17) is 10.4 Å². The summed E-state index contributed by atoms with van der Waals surface area (Å²) < 4.78 is 6.55. The second kappa shape index (κ2) is 17.3. The van der Waals surface area contributed by atoms with Gasteiger partial charge in [-0.1, -0.05) is 91.9 Å². The van der Waals surface area contributed by atoms with Gasteiger partial charge in [0.05, 0.1) is 5.56 Å². The molecule has 0 bridgehead atoms. The number of carbonyl (C=O) groups is 3. The maximum atomic E-state index is 14.0. The van der Waals surface area contributed by atoms with Crippen LogP contribution >= 0.6 is 0 Å². The van der Waals surface area contributed by atoms with E-state index in [-0.39, 0.29) is 23.5 Å². The molecule has 1 saturated heterocycles. The summed E-state index contributed by atoms with van der Waals surface area (Å²) in [5.74, 6) is 1.79. The minimum absolute atomic E-state index is 0.0759. The lowest BCUT2D eigenvalue weighted by molar-refractivity contribution is -0.128. The summed E-state index contributed by atoms with van der Waals surface area (Å²) in [6.07, 6.45) is 12.1. The Kier molecular flexibility index (Phi) is 11.8. The summed E-state index contributed by atoms with van der Waals surface area (Å²) in [7, 11) is 3.10. The number of rotatable bonds is 11. The molecule has 8 nitrogen and oxygen atoms in total. The number of allylic oxidation sites excluding steroid dienone is 1. The molecule has 2 aliphatic carbocycles. The van der Waals surface area contributed by atoms with Gasteiger partial charge in [-0.05, 0) is 126 Å². The first kappa shape index (κ1) is 39.6.